The topological polar surface area (TPSA) is 57.6 Å². The normalized spacial score (nSPS) is 11.2. The van der Waals surface area contributed by atoms with Crippen molar-refractivity contribution in [3.8, 4) is 0 Å². The van der Waals surface area contributed by atoms with Crippen molar-refractivity contribution in [2.45, 2.75) is 13.8 Å². The van der Waals surface area contributed by atoms with Crippen molar-refractivity contribution in [1.82, 2.24) is 4.98 Å². The zero-order valence-electron chi connectivity index (χ0n) is 16.6. The van der Waals surface area contributed by atoms with Gasteiger partial charge in [-0.1, -0.05) is 24.3 Å². The summed E-state index contributed by atoms with van der Waals surface area (Å²) in [6.45, 7) is 3.94. The van der Waals surface area contributed by atoms with E-state index in [1.54, 1.807) is 6.20 Å². The number of carbonyl (C=O) groups is 1. The Morgan fingerprint density at radius 3 is 2.43 bits per heavy atom. The number of carbonyl (C=O) groups excluding carboxylic acids is 1. The maximum absolute atomic E-state index is 12.5. The van der Waals surface area contributed by atoms with Gasteiger partial charge in [0.25, 0.3) is 5.91 Å². The van der Waals surface area contributed by atoms with Crippen molar-refractivity contribution in [3.63, 3.8) is 0 Å². The molecule has 0 aliphatic heterocycles. The molecule has 1 heterocycles. The van der Waals surface area contributed by atoms with Crippen molar-refractivity contribution in [2.75, 3.05) is 24.3 Å². The maximum Gasteiger partial charge on any atom is 0.255 e. The third kappa shape index (κ3) is 4.62. The Labute approximate surface area is 165 Å². The van der Waals surface area contributed by atoms with Gasteiger partial charge in [-0.2, -0.15) is 0 Å². The van der Waals surface area contributed by atoms with Crippen LogP contribution in [0.1, 0.15) is 28.4 Å². The van der Waals surface area contributed by atoms with Gasteiger partial charge < -0.3 is 10.2 Å². The van der Waals surface area contributed by atoms with Gasteiger partial charge >= 0.3 is 0 Å². The van der Waals surface area contributed by atoms with E-state index in [9.17, 15) is 4.79 Å². The first-order chi connectivity index (χ1) is 13.4. The molecular formula is C23H24N4O. The van der Waals surface area contributed by atoms with E-state index >= 15 is 0 Å². The van der Waals surface area contributed by atoms with Gasteiger partial charge in [0.2, 0.25) is 0 Å². The molecule has 0 atom stereocenters. The van der Waals surface area contributed by atoms with Crippen LogP contribution in [0, 0.1) is 6.92 Å². The van der Waals surface area contributed by atoms with Gasteiger partial charge in [-0.15, -0.1) is 0 Å². The number of aliphatic imine (C=N–C) groups is 1. The summed E-state index contributed by atoms with van der Waals surface area (Å²) < 4.78 is 0. The Morgan fingerprint density at radius 2 is 1.75 bits per heavy atom. The number of nitrogens with one attached hydrogen (secondary N) is 1. The van der Waals surface area contributed by atoms with Gasteiger partial charge in [-0.3, -0.25) is 4.79 Å². The van der Waals surface area contributed by atoms with E-state index in [4.69, 9.17) is 0 Å². The third-order valence-corrected chi connectivity index (χ3v) is 4.44. The van der Waals surface area contributed by atoms with Crippen LogP contribution in [0.4, 0.5) is 17.2 Å². The van der Waals surface area contributed by atoms with Crippen LogP contribution in [0.2, 0.25) is 0 Å². The predicted octanol–water partition coefficient (Wildman–Crippen LogP) is 4.85. The molecule has 0 aliphatic carbocycles. The average molecular weight is 372 g/mol. The van der Waals surface area contributed by atoms with Gasteiger partial charge in [0.05, 0.1) is 0 Å². The number of pyridine rings is 1. The second kappa shape index (κ2) is 8.48. The van der Waals surface area contributed by atoms with E-state index in [2.05, 4.69) is 15.3 Å². The Bertz CT molecular complexity index is 1010. The molecule has 1 aromatic heterocycles. The first-order valence-electron chi connectivity index (χ1n) is 9.10. The molecule has 1 amide bonds. The molecular weight excluding hydrogens is 348 g/mol. The molecule has 0 bridgehead atoms. The molecule has 5 heteroatoms. The van der Waals surface area contributed by atoms with Gasteiger partial charge in [-0.05, 0) is 61.4 Å². The molecule has 0 radical (unpaired) electrons. The number of aryl methyl sites for hydroxylation is 1. The van der Waals surface area contributed by atoms with E-state index < -0.39 is 0 Å². The Kier molecular flexibility index (Phi) is 5.84. The number of nitrogens with zero attached hydrogens (tertiary/aromatic N) is 3. The van der Waals surface area contributed by atoms with Crippen molar-refractivity contribution in [2.24, 2.45) is 4.99 Å². The van der Waals surface area contributed by atoms with Gasteiger partial charge in [0, 0.05) is 42.9 Å². The summed E-state index contributed by atoms with van der Waals surface area (Å²) in [4.78, 5) is 23.4. The fourth-order valence-corrected chi connectivity index (χ4v) is 2.74. The van der Waals surface area contributed by atoms with Gasteiger partial charge in [0.1, 0.15) is 0 Å². The van der Waals surface area contributed by atoms with Crippen LogP contribution >= 0.6 is 0 Å². The monoisotopic (exact) mass is 372 g/mol. The van der Waals surface area contributed by atoms with E-state index in [0.29, 0.717) is 5.56 Å². The Hall–Kier alpha value is -3.47. The number of hydrogen-bond donors (Lipinski definition) is 1. The fourth-order valence-electron chi connectivity index (χ4n) is 2.74. The molecule has 0 aliphatic rings. The smallest absolute Gasteiger partial charge is 0.255 e. The lowest BCUT2D eigenvalue weighted by atomic mass is 10.1. The zero-order chi connectivity index (χ0) is 20.1. The summed E-state index contributed by atoms with van der Waals surface area (Å²) in [5, 5.41) is 2.94. The number of aromatic nitrogens is 1. The van der Waals surface area contributed by atoms with Crippen LogP contribution in [0.3, 0.4) is 0 Å². The highest BCUT2D eigenvalue weighted by Crippen LogP contribution is 2.18. The lowest BCUT2D eigenvalue weighted by molar-refractivity contribution is 0.102. The first-order valence-corrected chi connectivity index (χ1v) is 9.10. The predicted molar refractivity (Wildman–Crippen MR) is 116 cm³/mol. The summed E-state index contributed by atoms with van der Waals surface area (Å²) >= 11 is 0. The molecule has 0 spiro atoms. The van der Waals surface area contributed by atoms with Crippen molar-refractivity contribution in [1.29, 1.82) is 0 Å². The molecule has 0 fully saturated rings. The Morgan fingerprint density at radius 1 is 1.00 bits per heavy atom. The van der Waals surface area contributed by atoms with Gasteiger partial charge in [0.15, 0.2) is 5.82 Å². The van der Waals surface area contributed by atoms with Crippen LogP contribution in [0.15, 0.2) is 71.9 Å². The highest BCUT2D eigenvalue weighted by molar-refractivity contribution is 6.05. The molecule has 1 N–H and O–H groups in total. The molecule has 3 rings (SSSR count). The quantitative estimate of drug-likeness (QED) is 0.652. The fraction of sp³-hybridized carbons (Fsp3) is 0.174. The number of amides is 1. The van der Waals surface area contributed by atoms with Crippen LogP contribution in [-0.4, -0.2) is 30.7 Å². The number of benzene rings is 2. The third-order valence-electron chi connectivity index (χ3n) is 4.44. The Balaban J connectivity index is 1.73. The largest absolute Gasteiger partial charge is 0.378 e. The summed E-state index contributed by atoms with van der Waals surface area (Å²) in [5.41, 5.74) is 5.24. The van der Waals surface area contributed by atoms with Crippen LogP contribution in [-0.2, 0) is 0 Å². The molecule has 0 unspecified atom stereocenters. The lowest BCUT2D eigenvalue weighted by Gasteiger charge is -2.13. The minimum absolute atomic E-state index is 0.133. The molecule has 5 nitrogen and oxygen atoms in total. The van der Waals surface area contributed by atoms with Crippen molar-refractivity contribution < 1.29 is 4.79 Å². The van der Waals surface area contributed by atoms with Crippen molar-refractivity contribution >= 4 is 28.8 Å². The minimum Gasteiger partial charge on any atom is -0.378 e. The zero-order valence-corrected chi connectivity index (χ0v) is 16.6. The number of rotatable bonds is 5. The molecule has 142 valence electrons. The van der Waals surface area contributed by atoms with Crippen LogP contribution in [0.5, 0.6) is 0 Å². The lowest BCUT2D eigenvalue weighted by Crippen LogP contribution is -2.14. The number of anilines is 2. The van der Waals surface area contributed by atoms with E-state index in [1.165, 1.54) is 0 Å². The molecule has 0 saturated carbocycles. The molecule has 3 aromatic rings. The van der Waals surface area contributed by atoms with Crippen LogP contribution < -0.4 is 10.2 Å². The molecule has 0 saturated heterocycles. The van der Waals surface area contributed by atoms with E-state index in [-0.39, 0.29) is 5.91 Å². The van der Waals surface area contributed by atoms with E-state index in [0.717, 1.165) is 34.0 Å². The van der Waals surface area contributed by atoms with E-state index in [1.807, 2.05) is 93.5 Å². The first kappa shape index (κ1) is 19.3. The maximum atomic E-state index is 12.5. The molecule has 2 aromatic carbocycles. The highest BCUT2D eigenvalue weighted by Gasteiger charge is 2.08. The second-order valence-corrected chi connectivity index (χ2v) is 6.82. The van der Waals surface area contributed by atoms with Gasteiger partial charge in [-0.25, -0.2) is 9.98 Å². The highest BCUT2D eigenvalue weighted by atomic mass is 16.1. The molecule has 28 heavy (non-hydrogen) atoms. The summed E-state index contributed by atoms with van der Waals surface area (Å²) in [6, 6.07) is 19.1. The standard InChI is InChI=1S/C23H24N4O/c1-16-7-6-14-24-22(16)25-17(2)18-10-12-20(13-11-18)26-23(28)19-8-5-9-21(15-19)27(3)4/h5-15H,1-4H3,(H,26,28)/b25-17+. The summed E-state index contributed by atoms with van der Waals surface area (Å²) in [5.74, 6) is 0.587. The SMILES string of the molecule is C/C(=N\c1ncccc1C)c1ccc(NC(=O)c2cccc(N(C)C)c2)cc1. The summed E-state index contributed by atoms with van der Waals surface area (Å²) in [7, 11) is 3.90. The minimum atomic E-state index is -0.133. The second-order valence-electron chi connectivity index (χ2n) is 6.82. The summed E-state index contributed by atoms with van der Waals surface area (Å²) in [6.07, 6.45) is 1.74. The van der Waals surface area contributed by atoms with Crippen molar-refractivity contribution in [3.05, 3.63) is 83.6 Å². The number of hydrogen-bond acceptors (Lipinski definition) is 4. The van der Waals surface area contributed by atoms with Crippen LogP contribution in [0.25, 0.3) is 0 Å². The average Bonchev–Trinajstić information content (AvgIpc) is 2.70.